The van der Waals surface area contributed by atoms with Crippen LogP contribution in [0.1, 0.15) is 26.7 Å². The fraction of sp³-hybridized carbons (Fsp3) is 0.909. The molecule has 1 rings (SSSR count). The third kappa shape index (κ3) is 4.62. The summed E-state index contributed by atoms with van der Waals surface area (Å²) in [5, 5.41) is 6.09. The number of ether oxygens (including phenoxy) is 1. The Morgan fingerprint density at radius 3 is 2.93 bits per heavy atom. The molecule has 1 aliphatic heterocycles. The second-order valence-electron chi connectivity index (χ2n) is 4.03. The molecule has 0 aromatic heterocycles. The molecule has 1 saturated heterocycles. The molecule has 1 heterocycles. The maximum atomic E-state index is 11.1. The maximum Gasteiger partial charge on any atom is 0.221 e. The van der Waals surface area contributed by atoms with Crippen molar-refractivity contribution in [3.63, 3.8) is 0 Å². The second-order valence-corrected chi connectivity index (χ2v) is 4.03. The van der Waals surface area contributed by atoms with Crippen LogP contribution in [0.4, 0.5) is 0 Å². The number of carbonyl (C=O) groups excluding carboxylic acids is 1. The first-order chi connectivity index (χ1) is 7.24. The zero-order chi connectivity index (χ0) is 11.1. The lowest BCUT2D eigenvalue weighted by Gasteiger charge is -2.14. The number of hydrogen-bond acceptors (Lipinski definition) is 3. The quantitative estimate of drug-likeness (QED) is 0.634. The first-order valence-corrected chi connectivity index (χ1v) is 5.83. The van der Waals surface area contributed by atoms with E-state index in [2.05, 4.69) is 17.6 Å². The summed E-state index contributed by atoms with van der Waals surface area (Å²) in [5.41, 5.74) is 0. The minimum absolute atomic E-state index is 0.126. The summed E-state index contributed by atoms with van der Waals surface area (Å²) in [4.78, 5) is 11.1. The number of hydrogen-bond donors (Lipinski definition) is 2. The highest BCUT2D eigenvalue weighted by Gasteiger charge is 2.23. The van der Waals surface area contributed by atoms with Gasteiger partial charge in [-0.05, 0) is 26.2 Å². The predicted octanol–water partition coefficient (Wildman–Crippen LogP) is 0.527. The lowest BCUT2D eigenvalue weighted by molar-refractivity contribution is -0.120. The van der Waals surface area contributed by atoms with Gasteiger partial charge in [-0.25, -0.2) is 0 Å². The SMILES string of the molecule is CCNC(=O)CCNCC1CCOC1C. The van der Waals surface area contributed by atoms with Crippen molar-refractivity contribution in [3.8, 4) is 0 Å². The molecule has 1 aliphatic rings. The van der Waals surface area contributed by atoms with Crippen LogP contribution in [0.15, 0.2) is 0 Å². The minimum Gasteiger partial charge on any atom is -0.378 e. The fourth-order valence-corrected chi connectivity index (χ4v) is 1.82. The van der Waals surface area contributed by atoms with Crippen molar-refractivity contribution in [3.05, 3.63) is 0 Å². The third-order valence-electron chi connectivity index (χ3n) is 2.84. The van der Waals surface area contributed by atoms with E-state index in [1.54, 1.807) is 0 Å². The summed E-state index contributed by atoms with van der Waals surface area (Å²) in [7, 11) is 0. The van der Waals surface area contributed by atoms with Crippen LogP contribution in [-0.2, 0) is 9.53 Å². The fourth-order valence-electron chi connectivity index (χ4n) is 1.82. The topological polar surface area (TPSA) is 50.4 Å². The van der Waals surface area contributed by atoms with Crippen molar-refractivity contribution in [1.29, 1.82) is 0 Å². The van der Waals surface area contributed by atoms with E-state index in [9.17, 15) is 4.79 Å². The highest BCUT2D eigenvalue weighted by molar-refractivity contribution is 5.75. The number of carbonyl (C=O) groups is 1. The van der Waals surface area contributed by atoms with Crippen LogP contribution in [-0.4, -0.2) is 38.3 Å². The van der Waals surface area contributed by atoms with Gasteiger partial charge in [-0.3, -0.25) is 4.79 Å². The molecule has 4 heteroatoms. The molecule has 0 aromatic rings. The molecule has 1 fully saturated rings. The first kappa shape index (κ1) is 12.5. The molecule has 0 radical (unpaired) electrons. The van der Waals surface area contributed by atoms with Crippen LogP contribution in [0, 0.1) is 5.92 Å². The molecule has 88 valence electrons. The normalized spacial score (nSPS) is 25.5. The lowest BCUT2D eigenvalue weighted by Crippen LogP contribution is -2.31. The molecule has 2 N–H and O–H groups in total. The van der Waals surface area contributed by atoms with Gasteiger partial charge in [0, 0.05) is 32.7 Å². The van der Waals surface area contributed by atoms with Crippen molar-refractivity contribution in [2.75, 3.05) is 26.2 Å². The smallest absolute Gasteiger partial charge is 0.221 e. The van der Waals surface area contributed by atoms with E-state index in [1.807, 2.05) is 6.92 Å². The molecule has 0 aromatic carbocycles. The summed E-state index contributed by atoms with van der Waals surface area (Å²) in [5.74, 6) is 0.736. The molecule has 2 unspecified atom stereocenters. The molecule has 2 atom stereocenters. The summed E-state index contributed by atoms with van der Waals surface area (Å²) in [6.45, 7) is 7.36. The highest BCUT2D eigenvalue weighted by Crippen LogP contribution is 2.18. The average molecular weight is 214 g/mol. The van der Waals surface area contributed by atoms with Crippen molar-refractivity contribution in [1.82, 2.24) is 10.6 Å². The van der Waals surface area contributed by atoms with Gasteiger partial charge in [-0.1, -0.05) is 0 Å². The number of amides is 1. The van der Waals surface area contributed by atoms with Gasteiger partial charge in [-0.2, -0.15) is 0 Å². The second kappa shape index (κ2) is 6.80. The predicted molar refractivity (Wildman–Crippen MR) is 59.7 cm³/mol. The minimum atomic E-state index is 0.126. The molecular formula is C11H22N2O2. The van der Waals surface area contributed by atoms with Crippen LogP contribution in [0.25, 0.3) is 0 Å². The van der Waals surface area contributed by atoms with Gasteiger partial charge >= 0.3 is 0 Å². The Morgan fingerprint density at radius 1 is 1.53 bits per heavy atom. The molecule has 0 saturated carbocycles. The molecule has 0 aliphatic carbocycles. The zero-order valence-electron chi connectivity index (χ0n) is 9.71. The van der Waals surface area contributed by atoms with Gasteiger partial charge < -0.3 is 15.4 Å². The number of nitrogens with one attached hydrogen (secondary N) is 2. The summed E-state index contributed by atoms with van der Waals surface area (Å²) < 4.78 is 5.46. The van der Waals surface area contributed by atoms with E-state index >= 15 is 0 Å². The Bertz CT molecular complexity index is 197. The van der Waals surface area contributed by atoms with E-state index in [-0.39, 0.29) is 5.91 Å². The summed E-state index contributed by atoms with van der Waals surface area (Å²) in [6, 6.07) is 0. The standard InChI is InChI=1S/C11H22N2O2/c1-3-13-11(14)4-6-12-8-10-5-7-15-9(10)2/h9-10,12H,3-8H2,1-2H3,(H,13,14). The van der Waals surface area contributed by atoms with Gasteiger partial charge in [0.1, 0.15) is 0 Å². The monoisotopic (exact) mass is 214 g/mol. The molecule has 1 amide bonds. The Labute approximate surface area is 91.8 Å². The summed E-state index contributed by atoms with van der Waals surface area (Å²) in [6.07, 6.45) is 2.06. The van der Waals surface area contributed by atoms with Crippen LogP contribution in [0.3, 0.4) is 0 Å². The van der Waals surface area contributed by atoms with E-state index in [1.165, 1.54) is 0 Å². The van der Waals surface area contributed by atoms with E-state index in [0.29, 0.717) is 25.0 Å². The average Bonchev–Trinajstić information content (AvgIpc) is 2.60. The Hall–Kier alpha value is -0.610. The van der Waals surface area contributed by atoms with Crippen molar-refractivity contribution < 1.29 is 9.53 Å². The van der Waals surface area contributed by atoms with Gasteiger partial charge in [0.15, 0.2) is 0 Å². The van der Waals surface area contributed by atoms with E-state index in [0.717, 1.165) is 26.1 Å². The van der Waals surface area contributed by atoms with Crippen molar-refractivity contribution in [2.45, 2.75) is 32.8 Å². The molecule has 15 heavy (non-hydrogen) atoms. The van der Waals surface area contributed by atoms with Gasteiger partial charge in [0.2, 0.25) is 5.91 Å². The first-order valence-electron chi connectivity index (χ1n) is 5.83. The van der Waals surface area contributed by atoms with Crippen molar-refractivity contribution >= 4 is 5.91 Å². The van der Waals surface area contributed by atoms with Crippen LogP contribution >= 0.6 is 0 Å². The molecular weight excluding hydrogens is 192 g/mol. The Balaban J connectivity index is 1.99. The van der Waals surface area contributed by atoms with Gasteiger partial charge in [-0.15, -0.1) is 0 Å². The molecule has 0 spiro atoms. The largest absolute Gasteiger partial charge is 0.378 e. The third-order valence-corrected chi connectivity index (χ3v) is 2.84. The van der Waals surface area contributed by atoms with E-state index in [4.69, 9.17) is 4.74 Å². The Morgan fingerprint density at radius 2 is 2.33 bits per heavy atom. The lowest BCUT2D eigenvalue weighted by atomic mass is 10.0. The highest BCUT2D eigenvalue weighted by atomic mass is 16.5. The Kier molecular flexibility index (Phi) is 5.65. The van der Waals surface area contributed by atoms with Gasteiger partial charge in [0.25, 0.3) is 0 Å². The number of rotatable bonds is 6. The maximum absolute atomic E-state index is 11.1. The zero-order valence-corrected chi connectivity index (χ0v) is 9.71. The van der Waals surface area contributed by atoms with Crippen LogP contribution in [0.2, 0.25) is 0 Å². The van der Waals surface area contributed by atoms with Gasteiger partial charge in [0.05, 0.1) is 6.10 Å². The van der Waals surface area contributed by atoms with Crippen LogP contribution < -0.4 is 10.6 Å². The van der Waals surface area contributed by atoms with Crippen molar-refractivity contribution in [2.24, 2.45) is 5.92 Å². The molecule has 0 bridgehead atoms. The summed E-state index contributed by atoms with van der Waals surface area (Å²) >= 11 is 0. The molecule has 4 nitrogen and oxygen atoms in total. The van der Waals surface area contributed by atoms with E-state index < -0.39 is 0 Å². The van der Waals surface area contributed by atoms with Crippen LogP contribution in [0.5, 0.6) is 0 Å².